The first-order chi connectivity index (χ1) is 6.04. The van der Waals surface area contributed by atoms with Crippen molar-refractivity contribution in [3.8, 4) is 0 Å². The molecular weight excluding hydrogens is 164 g/mol. The Kier molecular flexibility index (Phi) is 1.56. The summed E-state index contributed by atoms with van der Waals surface area (Å²) in [5.41, 5.74) is 2.41. The van der Waals surface area contributed by atoms with Crippen molar-refractivity contribution in [2.45, 2.75) is 20.3 Å². The fourth-order valence-electron chi connectivity index (χ4n) is 2.10. The van der Waals surface area contributed by atoms with Crippen LogP contribution in [0.2, 0.25) is 0 Å². The van der Waals surface area contributed by atoms with E-state index in [0.717, 1.165) is 11.1 Å². The second-order valence-corrected chi connectivity index (χ2v) is 3.96. The van der Waals surface area contributed by atoms with Crippen LogP contribution in [0.1, 0.15) is 20.3 Å². The molecule has 2 aliphatic rings. The van der Waals surface area contributed by atoms with Crippen molar-refractivity contribution in [3.05, 3.63) is 23.3 Å². The van der Waals surface area contributed by atoms with Gasteiger partial charge in [-0.1, -0.05) is 12.2 Å². The Labute approximate surface area is 77.3 Å². The van der Waals surface area contributed by atoms with Crippen LogP contribution in [0.4, 0.5) is 0 Å². The van der Waals surface area contributed by atoms with E-state index in [1.54, 1.807) is 6.92 Å². The quantitative estimate of drug-likeness (QED) is 0.569. The van der Waals surface area contributed by atoms with Crippen LogP contribution in [0.3, 0.4) is 0 Å². The Hall–Kier alpha value is -1.18. The van der Waals surface area contributed by atoms with Crippen molar-refractivity contribution in [1.29, 1.82) is 0 Å². The van der Waals surface area contributed by atoms with Gasteiger partial charge in [-0.05, 0) is 19.4 Å². The fourth-order valence-corrected chi connectivity index (χ4v) is 2.10. The lowest BCUT2D eigenvalue weighted by Crippen LogP contribution is -2.16. The highest BCUT2D eigenvalue weighted by Crippen LogP contribution is 2.49. The van der Waals surface area contributed by atoms with E-state index in [4.69, 9.17) is 0 Å². The van der Waals surface area contributed by atoms with Gasteiger partial charge in [0.25, 0.3) is 0 Å². The summed E-state index contributed by atoms with van der Waals surface area (Å²) in [5, 5.41) is 0. The molecule has 0 amide bonds. The van der Waals surface area contributed by atoms with Gasteiger partial charge in [0.15, 0.2) is 11.6 Å². The smallest absolute Gasteiger partial charge is 0.168 e. The highest BCUT2D eigenvalue weighted by Gasteiger charge is 2.53. The Morgan fingerprint density at radius 3 is 2.62 bits per heavy atom. The van der Waals surface area contributed by atoms with Crippen molar-refractivity contribution < 1.29 is 9.59 Å². The number of fused-ring (bicyclic) bond motifs is 1. The monoisotopic (exact) mass is 176 g/mol. The Morgan fingerprint density at radius 2 is 2.08 bits per heavy atom. The van der Waals surface area contributed by atoms with Crippen LogP contribution in [-0.4, -0.2) is 11.6 Å². The topological polar surface area (TPSA) is 34.1 Å². The molecule has 0 aromatic rings. The summed E-state index contributed by atoms with van der Waals surface area (Å²) in [6.07, 6.45) is 0.473. The van der Waals surface area contributed by atoms with E-state index in [-0.39, 0.29) is 23.4 Å². The highest BCUT2D eigenvalue weighted by molar-refractivity contribution is 6.23. The molecule has 1 fully saturated rings. The van der Waals surface area contributed by atoms with Crippen molar-refractivity contribution >= 4 is 11.6 Å². The summed E-state index contributed by atoms with van der Waals surface area (Å²) < 4.78 is 0. The maximum atomic E-state index is 11.4. The lowest BCUT2D eigenvalue weighted by atomic mass is 9.85. The molecule has 2 unspecified atom stereocenters. The van der Waals surface area contributed by atoms with Gasteiger partial charge in [0.2, 0.25) is 0 Å². The van der Waals surface area contributed by atoms with Crippen LogP contribution < -0.4 is 0 Å². The molecule has 0 N–H and O–H groups in total. The summed E-state index contributed by atoms with van der Waals surface area (Å²) in [5.74, 6) is 0.371. The predicted molar refractivity (Wildman–Crippen MR) is 49.1 cm³/mol. The van der Waals surface area contributed by atoms with Crippen LogP contribution in [0.15, 0.2) is 23.3 Å². The molecule has 0 saturated heterocycles. The van der Waals surface area contributed by atoms with Crippen LogP contribution in [0, 0.1) is 11.8 Å². The Morgan fingerprint density at radius 1 is 1.46 bits per heavy atom. The SMILES string of the molecule is C=C(C)C1CC(=O)C(C)=C2C(=O)C21. The molecule has 0 heterocycles. The lowest BCUT2D eigenvalue weighted by Gasteiger charge is -2.17. The maximum absolute atomic E-state index is 11.4. The van der Waals surface area contributed by atoms with Gasteiger partial charge in [0.05, 0.1) is 5.92 Å². The molecular formula is C11H12O2. The van der Waals surface area contributed by atoms with Gasteiger partial charge in [-0.2, -0.15) is 0 Å². The Bertz CT molecular complexity index is 360. The average Bonchev–Trinajstić information content (AvgIpc) is 2.70. The molecule has 68 valence electrons. The zero-order valence-corrected chi connectivity index (χ0v) is 7.89. The van der Waals surface area contributed by atoms with E-state index in [1.165, 1.54) is 0 Å². The number of hydrogen-bond donors (Lipinski definition) is 0. The minimum atomic E-state index is 0.00944. The number of allylic oxidation sites excluding steroid dienone is 3. The lowest BCUT2D eigenvalue weighted by molar-refractivity contribution is -0.116. The molecule has 0 aromatic heterocycles. The Balaban J connectivity index is 2.40. The summed E-state index contributed by atoms with van der Waals surface area (Å²) >= 11 is 0. The van der Waals surface area contributed by atoms with Gasteiger partial charge in [0, 0.05) is 17.9 Å². The van der Waals surface area contributed by atoms with E-state index in [2.05, 4.69) is 6.58 Å². The first kappa shape index (κ1) is 8.42. The van der Waals surface area contributed by atoms with Crippen LogP contribution in [0.25, 0.3) is 0 Å². The zero-order chi connectivity index (χ0) is 9.75. The normalized spacial score (nSPS) is 31.8. The minimum absolute atomic E-state index is 0.00944. The van der Waals surface area contributed by atoms with E-state index < -0.39 is 0 Å². The first-order valence-corrected chi connectivity index (χ1v) is 4.47. The van der Waals surface area contributed by atoms with Gasteiger partial charge >= 0.3 is 0 Å². The molecule has 1 saturated carbocycles. The second kappa shape index (κ2) is 2.41. The van der Waals surface area contributed by atoms with Crippen molar-refractivity contribution in [2.75, 3.05) is 0 Å². The standard InChI is InChI=1S/C11H12O2/c1-5(2)7-4-8(12)6(3)9-10(7)11(9)13/h7,10H,1,4H2,2-3H3. The number of carbonyl (C=O) groups excluding carboxylic acids is 2. The van der Waals surface area contributed by atoms with E-state index in [0.29, 0.717) is 12.0 Å². The molecule has 0 radical (unpaired) electrons. The summed E-state index contributed by atoms with van der Waals surface area (Å²) in [6.45, 7) is 7.47. The third kappa shape index (κ3) is 1.01. The van der Waals surface area contributed by atoms with Gasteiger partial charge < -0.3 is 0 Å². The molecule has 0 aliphatic heterocycles. The first-order valence-electron chi connectivity index (χ1n) is 4.47. The number of rotatable bonds is 1. The molecule has 2 aliphatic carbocycles. The van der Waals surface area contributed by atoms with Gasteiger partial charge in [-0.3, -0.25) is 9.59 Å². The molecule has 0 aromatic carbocycles. The van der Waals surface area contributed by atoms with E-state index >= 15 is 0 Å². The number of hydrogen-bond acceptors (Lipinski definition) is 2. The van der Waals surface area contributed by atoms with Crippen molar-refractivity contribution in [2.24, 2.45) is 11.8 Å². The molecule has 13 heavy (non-hydrogen) atoms. The second-order valence-electron chi connectivity index (χ2n) is 3.96. The highest BCUT2D eigenvalue weighted by atomic mass is 16.1. The summed E-state index contributed by atoms with van der Waals surface area (Å²) in [6, 6.07) is 0. The molecule has 0 spiro atoms. The minimum Gasteiger partial charge on any atom is -0.295 e. The molecule has 2 nitrogen and oxygen atoms in total. The summed E-state index contributed by atoms with van der Waals surface area (Å²) in [4.78, 5) is 22.8. The van der Waals surface area contributed by atoms with Crippen molar-refractivity contribution in [3.63, 3.8) is 0 Å². The predicted octanol–water partition coefficient (Wildman–Crippen LogP) is 1.67. The zero-order valence-electron chi connectivity index (χ0n) is 7.89. The largest absolute Gasteiger partial charge is 0.295 e. The number of carbonyl (C=O) groups is 2. The van der Waals surface area contributed by atoms with Gasteiger partial charge in [0.1, 0.15) is 0 Å². The van der Waals surface area contributed by atoms with Gasteiger partial charge in [-0.25, -0.2) is 0 Å². The molecule has 2 rings (SSSR count). The third-order valence-electron chi connectivity index (χ3n) is 3.04. The van der Waals surface area contributed by atoms with Crippen molar-refractivity contribution in [1.82, 2.24) is 0 Å². The molecule has 2 heteroatoms. The average molecular weight is 176 g/mol. The van der Waals surface area contributed by atoms with Crippen LogP contribution >= 0.6 is 0 Å². The van der Waals surface area contributed by atoms with Crippen LogP contribution in [0.5, 0.6) is 0 Å². The number of Topliss-reactive ketones (excluding diaryl/α,β-unsaturated/α-hetero) is 2. The maximum Gasteiger partial charge on any atom is 0.168 e. The molecule has 2 atom stereocenters. The van der Waals surface area contributed by atoms with E-state index in [9.17, 15) is 9.59 Å². The fraction of sp³-hybridized carbons (Fsp3) is 0.455. The number of ketones is 2. The molecule has 0 bridgehead atoms. The van der Waals surface area contributed by atoms with Crippen LogP contribution in [-0.2, 0) is 9.59 Å². The third-order valence-corrected chi connectivity index (χ3v) is 3.04. The van der Waals surface area contributed by atoms with Gasteiger partial charge in [-0.15, -0.1) is 0 Å². The summed E-state index contributed by atoms with van der Waals surface area (Å²) in [7, 11) is 0. The van der Waals surface area contributed by atoms with E-state index in [1.807, 2.05) is 6.92 Å².